The van der Waals surface area contributed by atoms with Crippen molar-refractivity contribution < 1.29 is 37.2 Å². The van der Waals surface area contributed by atoms with Crippen LogP contribution in [0.15, 0.2) is 43.1 Å². The van der Waals surface area contributed by atoms with Gasteiger partial charge in [0.05, 0.1) is 25.2 Å². The van der Waals surface area contributed by atoms with Gasteiger partial charge in [0.25, 0.3) is 5.78 Å². The van der Waals surface area contributed by atoms with Crippen molar-refractivity contribution in [3.8, 4) is 11.3 Å². The van der Waals surface area contributed by atoms with E-state index in [0.717, 1.165) is 11.3 Å². The highest BCUT2D eigenvalue weighted by molar-refractivity contribution is 5.75. The van der Waals surface area contributed by atoms with Crippen LogP contribution in [0.2, 0.25) is 0 Å². The van der Waals surface area contributed by atoms with E-state index < -0.39 is 18.1 Å². The number of halogens is 3. The summed E-state index contributed by atoms with van der Waals surface area (Å²) in [7, 11) is 0.676. The molecule has 0 aliphatic rings. The number of esters is 1. The molecule has 1 N–H and O–H groups in total. The van der Waals surface area contributed by atoms with E-state index in [-0.39, 0.29) is 6.42 Å². The Balaban J connectivity index is 0.000000300. The number of aryl methyl sites for hydroxylation is 1. The molecule has 3 rings (SSSR count). The minimum absolute atomic E-state index is 0.101. The maximum absolute atomic E-state index is 11.0. The van der Waals surface area contributed by atoms with Gasteiger partial charge in [-0.25, -0.2) is 23.8 Å². The highest BCUT2D eigenvalue weighted by Gasteiger charge is 2.40. The van der Waals surface area contributed by atoms with Crippen LogP contribution in [0.1, 0.15) is 6.42 Å². The van der Waals surface area contributed by atoms with Crippen LogP contribution in [-0.4, -0.2) is 49.9 Å². The molecule has 0 fully saturated rings. The molecule has 0 saturated heterocycles. The lowest BCUT2D eigenvalue weighted by Crippen LogP contribution is -2.33. The van der Waals surface area contributed by atoms with Crippen LogP contribution in [0.3, 0.4) is 0 Å². The molecule has 0 aromatic carbocycles. The standard InChI is InChI=1S/C13H11N5O2.C3H3F3O2/c19-12(20)3-7-17-5-1-10(2-6-17)11-9-15-18-8-4-14-13(18)16-11;1-8-2(7)3(4,5)6/h1-2,4-6,8-9H,3,7H2;1H3/p+1. The van der Waals surface area contributed by atoms with E-state index in [0.29, 0.717) is 19.4 Å². The highest BCUT2D eigenvalue weighted by atomic mass is 19.4. The van der Waals surface area contributed by atoms with Gasteiger partial charge in [-0.3, -0.25) is 4.79 Å². The molecule has 148 valence electrons. The normalized spacial score (nSPS) is 10.9. The third kappa shape index (κ3) is 5.72. The van der Waals surface area contributed by atoms with Gasteiger partial charge in [-0.1, -0.05) is 0 Å². The third-order valence-corrected chi connectivity index (χ3v) is 3.32. The molecule has 0 aliphatic heterocycles. The average molecular weight is 398 g/mol. The van der Waals surface area contributed by atoms with E-state index >= 15 is 0 Å². The number of ether oxygens (including phenoxy) is 1. The number of aromatic nitrogens is 5. The van der Waals surface area contributed by atoms with Crippen LogP contribution >= 0.6 is 0 Å². The van der Waals surface area contributed by atoms with Crippen LogP contribution < -0.4 is 4.57 Å². The Labute approximate surface area is 156 Å². The average Bonchev–Trinajstić information content (AvgIpc) is 3.13. The molecule has 28 heavy (non-hydrogen) atoms. The van der Waals surface area contributed by atoms with Crippen molar-refractivity contribution in [1.29, 1.82) is 0 Å². The number of alkyl halides is 3. The molecule has 12 heteroatoms. The molecular formula is C16H15F3N5O4+. The number of carboxylic acids is 1. The lowest BCUT2D eigenvalue weighted by atomic mass is 10.2. The third-order valence-electron chi connectivity index (χ3n) is 3.32. The molecule has 0 bridgehead atoms. The van der Waals surface area contributed by atoms with Gasteiger partial charge >= 0.3 is 18.1 Å². The predicted octanol–water partition coefficient (Wildman–Crippen LogP) is 1.28. The summed E-state index contributed by atoms with van der Waals surface area (Å²) in [5, 5.41) is 12.9. The molecule has 0 unspecified atom stereocenters. The second kappa shape index (κ2) is 8.88. The van der Waals surface area contributed by atoms with Crippen LogP contribution in [-0.2, 0) is 20.9 Å². The van der Waals surface area contributed by atoms with Gasteiger partial charge in [0.2, 0.25) is 0 Å². The Morgan fingerprint density at radius 3 is 2.50 bits per heavy atom. The second-order valence-electron chi connectivity index (χ2n) is 5.27. The maximum Gasteiger partial charge on any atom is 0.490 e. The van der Waals surface area contributed by atoms with Gasteiger partial charge in [0, 0.05) is 23.9 Å². The number of rotatable bonds is 4. The SMILES string of the molecule is COC(=O)C(F)(F)F.O=C(O)CC[n+]1ccc(-c2cnn3ccnc3n2)cc1. The monoisotopic (exact) mass is 398 g/mol. The minimum atomic E-state index is -4.85. The molecule has 3 aromatic rings. The molecular weight excluding hydrogens is 383 g/mol. The zero-order valence-electron chi connectivity index (χ0n) is 14.5. The fourth-order valence-corrected chi connectivity index (χ4v) is 1.97. The first kappa shape index (κ1) is 20.7. The molecule has 0 saturated carbocycles. The fourth-order valence-electron chi connectivity index (χ4n) is 1.97. The summed E-state index contributed by atoms with van der Waals surface area (Å²) in [5.41, 5.74) is 1.64. The summed E-state index contributed by atoms with van der Waals surface area (Å²) in [5.74, 6) is -2.43. The van der Waals surface area contributed by atoms with Crippen LogP contribution in [0.25, 0.3) is 17.0 Å². The van der Waals surface area contributed by atoms with Crippen molar-refractivity contribution in [3.05, 3.63) is 43.1 Å². The van der Waals surface area contributed by atoms with Crippen LogP contribution in [0, 0.1) is 0 Å². The number of carbonyl (C=O) groups is 2. The summed E-state index contributed by atoms with van der Waals surface area (Å²) in [6.45, 7) is 0.445. The van der Waals surface area contributed by atoms with Crippen LogP contribution in [0.5, 0.6) is 0 Å². The Morgan fingerprint density at radius 1 is 1.29 bits per heavy atom. The summed E-state index contributed by atoms with van der Waals surface area (Å²) >= 11 is 0. The van der Waals surface area contributed by atoms with E-state index in [2.05, 4.69) is 19.8 Å². The van der Waals surface area contributed by atoms with Crippen molar-refractivity contribution in [2.24, 2.45) is 0 Å². The number of pyridine rings is 1. The Kier molecular flexibility index (Phi) is 6.58. The number of hydrogen-bond acceptors (Lipinski definition) is 6. The quantitative estimate of drug-likeness (QED) is 0.521. The molecule has 0 spiro atoms. The summed E-state index contributed by atoms with van der Waals surface area (Å²) < 4.78 is 39.7. The number of fused-ring (bicyclic) bond motifs is 1. The van der Waals surface area contributed by atoms with Crippen molar-refractivity contribution >= 4 is 17.7 Å². The first-order chi connectivity index (χ1) is 13.2. The van der Waals surface area contributed by atoms with Crippen molar-refractivity contribution in [2.45, 2.75) is 19.1 Å². The molecule has 0 radical (unpaired) electrons. The number of imidazole rings is 1. The van der Waals surface area contributed by atoms with Gasteiger partial charge in [0.1, 0.15) is 6.42 Å². The Bertz CT molecular complexity index is 957. The zero-order chi connectivity index (χ0) is 20.7. The Hall–Kier alpha value is -3.57. The number of methoxy groups -OCH3 is 1. The van der Waals surface area contributed by atoms with E-state index in [9.17, 15) is 22.8 Å². The van der Waals surface area contributed by atoms with Gasteiger partial charge in [-0.05, 0) is 0 Å². The number of carboxylic acid groups (broad SMARTS) is 1. The number of carbonyl (C=O) groups excluding carboxylic acids is 1. The first-order valence-corrected chi connectivity index (χ1v) is 7.73. The van der Waals surface area contributed by atoms with E-state index in [1.165, 1.54) is 0 Å². The van der Waals surface area contributed by atoms with Gasteiger partial charge < -0.3 is 9.84 Å². The van der Waals surface area contributed by atoms with E-state index in [4.69, 9.17) is 5.11 Å². The van der Waals surface area contributed by atoms with Gasteiger partial charge in [0.15, 0.2) is 18.9 Å². The first-order valence-electron chi connectivity index (χ1n) is 7.73. The lowest BCUT2D eigenvalue weighted by molar-refractivity contribution is -0.695. The molecule has 9 nitrogen and oxygen atoms in total. The summed E-state index contributed by atoms with van der Waals surface area (Å²) in [6, 6.07) is 3.76. The minimum Gasteiger partial charge on any atom is -0.481 e. The lowest BCUT2D eigenvalue weighted by Gasteiger charge is -2.00. The maximum atomic E-state index is 11.0. The highest BCUT2D eigenvalue weighted by Crippen LogP contribution is 2.15. The summed E-state index contributed by atoms with van der Waals surface area (Å²) in [4.78, 5) is 28.5. The van der Waals surface area contributed by atoms with Crippen molar-refractivity contribution in [3.63, 3.8) is 0 Å². The topological polar surface area (TPSA) is 111 Å². The van der Waals surface area contributed by atoms with Crippen molar-refractivity contribution in [2.75, 3.05) is 7.11 Å². The van der Waals surface area contributed by atoms with Gasteiger partial charge in [-0.15, -0.1) is 0 Å². The molecule has 0 atom stereocenters. The Morgan fingerprint density at radius 2 is 1.96 bits per heavy atom. The molecule has 3 aromatic heterocycles. The number of aliphatic carboxylic acids is 1. The number of nitrogens with zero attached hydrogens (tertiary/aromatic N) is 5. The predicted molar refractivity (Wildman–Crippen MR) is 86.7 cm³/mol. The molecule has 0 aliphatic carbocycles. The smallest absolute Gasteiger partial charge is 0.481 e. The number of hydrogen-bond donors (Lipinski definition) is 1. The zero-order valence-corrected chi connectivity index (χ0v) is 14.5. The summed E-state index contributed by atoms with van der Waals surface area (Å²) in [6.07, 6.45) is 3.95. The van der Waals surface area contributed by atoms with Gasteiger partial charge in [-0.2, -0.15) is 18.3 Å². The van der Waals surface area contributed by atoms with Crippen molar-refractivity contribution in [1.82, 2.24) is 19.6 Å². The fraction of sp³-hybridized carbons (Fsp3) is 0.250. The van der Waals surface area contributed by atoms with E-state index in [1.807, 2.05) is 29.1 Å². The largest absolute Gasteiger partial charge is 0.490 e. The van der Waals surface area contributed by atoms with E-state index in [1.54, 1.807) is 23.1 Å². The molecule has 0 amide bonds. The second-order valence-corrected chi connectivity index (χ2v) is 5.27. The van der Waals surface area contributed by atoms with Crippen LogP contribution in [0.4, 0.5) is 13.2 Å². The molecule has 3 heterocycles.